The number of carbonyl (C=O) groups is 1. The van der Waals surface area contributed by atoms with Crippen molar-refractivity contribution in [2.24, 2.45) is 0 Å². The summed E-state index contributed by atoms with van der Waals surface area (Å²) in [5, 5.41) is 31.1. The molecule has 32 heavy (non-hydrogen) atoms. The monoisotopic (exact) mass is 462 g/mol. The smallest absolute Gasteiger partial charge is 0.450 e. The molecule has 4 N–H and O–H groups in total. The number of rotatable bonds is 22. The molecule has 0 rings (SSSR count). The van der Waals surface area contributed by atoms with Crippen LogP contribution in [0.5, 0.6) is 0 Å². The van der Waals surface area contributed by atoms with Crippen molar-refractivity contribution in [3.8, 4) is 0 Å². The van der Waals surface area contributed by atoms with E-state index in [-0.39, 0.29) is 0 Å². The van der Waals surface area contributed by atoms with Crippen LogP contribution in [0.4, 0.5) is 4.79 Å². The van der Waals surface area contributed by atoms with E-state index in [0.717, 1.165) is 12.8 Å². The van der Waals surface area contributed by atoms with Crippen molar-refractivity contribution in [1.82, 2.24) is 0 Å². The van der Waals surface area contributed by atoms with Crippen LogP contribution < -0.4 is 0 Å². The molecular weight excluding hydrogens is 404 g/mol. The molecule has 0 aliphatic rings. The zero-order valence-corrected chi connectivity index (χ0v) is 21.7. The molecule has 0 radical (unpaired) electrons. The molecule has 0 spiro atoms. The second-order valence-electron chi connectivity index (χ2n) is 8.80. The highest BCUT2D eigenvalue weighted by Crippen LogP contribution is 2.11. The Morgan fingerprint density at radius 1 is 0.406 bits per heavy atom. The number of hydrogen-bond donors (Lipinski definition) is 4. The van der Waals surface area contributed by atoms with Crippen LogP contribution in [-0.2, 0) is 0 Å². The van der Waals surface area contributed by atoms with Gasteiger partial charge < -0.3 is 20.4 Å². The van der Waals surface area contributed by atoms with Gasteiger partial charge in [0.2, 0.25) is 0 Å². The van der Waals surface area contributed by atoms with Crippen molar-refractivity contribution in [2.75, 3.05) is 13.2 Å². The minimum Gasteiger partial charge on any atom is -0.450 e. The van der Waals surface area contributed by atoms with Crippen LogP contribution in [0.25, 0.3) is 0 Å². The summed E-state index contributed by atoms with van der Waals surface area (Å²) in [6, 6.07) is 0. The zero-order valence-electron chi connectivity index (χ0n) is 21.7. The standard InChI is InChI=1S/2C13H28O.CH2O3/c2*1-2-3-4-5-6-7-8-9-10-11-12-13-14;2-1(3)4/h2*14H,2-13H2,1H3;(H2,2,3,4). The van der Waals surface area contributed by atoms with E-state index in [1.807, 2.05) is 0 Å². The van der Waals surface area contributed by atoms with E-state index in [1.54, 1.807) is 0 Å². The van der Waals surface area contributed by atoms with Gasteiger partial charge in [0, 0.05) is 13.2 Å². The summed E-state index contributed by atoms with van der Waals surface area (Å²) in [4.78, 5) is 8.56. The van der Waals surface area contributed by atoms with Gasteiger partial charge in [-0.2, -0.15) is 0 Å². The Labute approximate surface area is 200 Å². The predicted octanol–water partition coefficient (Wildman–Crippen LogP) is 8.80. The van der Waals surface area contributed by atoms with Crippen LogP contribution in [0.3, 0.4) is 0 Å². The quantitative estimate of drug-likeness (QED) is 0.120. The van der Waals surface area contributed by atoms with E-state index < -0.39 is 6.16 Å². The second kappa shape index (κ2) is 37.5. The first kappa shape index (κ1) is 35.8. The highest BCUT2D eigenvalue weighted by atomic mass is 16.6. The van der Waals surface area contributed by atoms with Gasteiger partial charge in [-0.3, -0.25) is 0 Å². The molecule has 0 aliphatic carbocycles. The van der Waals surface area contributed by atoms with E-state index in [9.17, 15) is 0 Å². The van der Waals surface area contributed by atoms with Crippen molar-refractivity contribution in [3.63, 3.8) is 0 Å². The number of aliphatic hydroxyl groups excluding tert-OH is 2. The maximum Gasteiger partial charge on any atom is 0.503 e. The molecule has 0 aromatic carbocycles. The largest absolute Gasteiger partial charge is 0.503 e. The fraction of sp³-hybridized carbons (Fsp3) is 0.963. The lowest BCUT2D eigenvalue weighted by molar-refractivity contribution is 0.137. The van der Waals surface area contributed by atoms with Gasteiger partial charge in [0.1, 0.15) is 0 Å². The predicted molar refractivity (Wildman–Crippen MR) is 138 cm³/mol. The van der Waals surface area contributed by atoms with E-state index in [2.05, 4.69) is 13.8 Å². The Bertz CT molecular complexity index is 258. The highest BCUT2D eigenvalue weighted by molar-refractivity contribution is 5.53. The maximum atomic E-state index is 8.59. The van der Waals surface area contributed by atoms with Crippen molar-refractivity contribution in [3.05, 3.63) is 0 Å². The first-order chi connectivity index (χ1) is 15.6. The molecule has 0 fully saturated rings. The van der Waals surface area contributed by atoms with Gasteiger partial charge >= 0.3 is 6.16 Å². The molecule has 5 heteroatoms. The van der Waals surface area contributed by atoms with Gasteiger partial charge in [0.25, 0.3) is 0 Å². The third-order valence-electron chi connectivity index (χ3n) is 5.52. The Kier molecular flexibility index (Phi) is 41.9. The fourth-order valence-electron chi connectivity index (χ4n) is 3.55. The third kappa shape index (κ3) is 51.7. The van der Waals surface area contributed by atoms with Crippen molar-refractivity contribution < 1.29 is 25.2 Å². The summed E-state index contributed by atoms with van der Waals surface area (Å²) in [5.74, 6) is 0. The molecule has 0 saturated heterocycles. The van der Waals surface area contributed by atoms with Gasteiger partial charge in [-0.1, -0.05) is 142 Å². The summed E-state index contributed by atoms with van der Waals surface area (Å²) in [6.45, 7) is 5.27. The van der Waals surface area contributed by atoms with E-state index in [1.165, 1.54) is 128 Å². The van der Waals surface area contributed by atoms with Crippen LogP contribution >= 0.6 is 0 Å². The summed E-state index contributed by atoms with van der Waals surface area (Å²) < 4.78 is 0. The Morgan fingerprint density at radius 2 is 0.562 bits per heavy atom. The van der Waals surface area contributed by atoms with Crippen LogP contribution in [0.2, 0.25) is 0 Å². The summed E-state index contributed by atoms with van der Waals surface area (Å²) in [5.41, 5.74) is 0. The topological polar surface area (TPSA) is 98.0 Å². The van der Waals surface area contributed by atoms with Crippen molar-refractivity contribution in [1.29, 1.82) is 0 Å². The second-order valence-corrected chi connectivity index (χ2v) is 8.80. The lowest BCUT2D eigenvalue weighted by Gasteiger charge is -2.01. The van der Waals surface area contributed by atoms with Crippen LogP contribution in [0.1, 0.15) is 155 Å². The van der Waals surface area contributed by atoms with Crippen LogP contribution in [-0.4, -0.2) is 39.8 Å². The fourth-order valence-corrected chi connectivity index (χ4v) is 3.55. The van der Waals surface area contributed by atoms with E-state index in [4.69, 9.17) is 25.2 Å². The third-order valence-corrected chi connectivity index (χ3v) is 5.52. The number of hydrogen-bond acceptors (Lipinski definition) is 3. The van der Waals surface area contributed by atoms with E-state index >= 15 is 0 Å². The van der Waals surface area contributed by atoms with Crippen molar-refractivity contribution in [2.45, 2.75) is 155 Å². The maximum absolute atomic E-state index is 8.59. The Morgan fingerprint density at radius 3 is 0.719 bits per heavy atom. The van der Waals surface area contributed by atoms with Gasteiger partial charge in [0.05, 0.1) is 0 Å². The first-order valence-corrected chi connectivity index (χ1v) is 13.7. The lowest BCUT2D eigenvalue weighted by Crippen LogP contribution is -1.84. The van der Waals surface area contributed by atoms with E-state index in [0.29, 0.717) is 13.2 Å². The Hall–Kier alpha value is -0.810. The highest BCUT2D eigenvalue weighted by Gasteiger charge is 1.93. The van der Waals surface area contributed by atoms with Gasteiger partial charge in [-0.15, -0.1) is 0 Å². The molecule has 0 saturated carbocycles. The molecule has 0 aromatic rings. The molecule has 5 nitrogen and oxygen atoms in total. The first-order valence-electron chi connectivity index (χ1n) is 13.7. The zero-order chi connectivity index (χ0) is 24.5. The molecule has 0 amide bonds. The summed E-state index contributed by atoms with van der Waals surface area (Å²) in [6.07, 6.45) is 27.7. The number of carboxylic acid groups (broad SMARTS) is 2. The summed E-state index contributed by atoms with van der Waals surface area (Å²) in [7, 11) is 0. The molecule has 0 bridgehead atoms. The van der Waals surface area contributed by atoms with Crippen LogP contribution in [0, 0.1) is 0 Å². The Balaban J connectivity index is -0.000000450. The lowest BCUT2D eigenvalue weighted by atomic mass is 10.1. The molecule has 0 heterocycles. The van der Waals surface area contributed by atoms with Gasteiger partial charge in [-0.25, -0.2) is 4.79 Å². The average Bonchev–Trinajstić information content (AvgIpc) is 2.76. The molecule has 0 aliphatic heterocycles. The average molecular weight is 463 g/mol. The molecule has 0 atom stereocenters. The molecule has 0 unspecified atom stereocenters. The normalized spacial score (nSPS) is 10.1. The number of unbranched alkanes of at least 4 members (excludes halogenated alkanes) is 20. The van der Waals surface area contributed by atoms with Crippen LogP contribution in [0.15, 0.2) is 0 Å². The van der Waals surface area contributed by atoms with Crippen molar-refractivity contribution >= 4 is 6.16 Å². The van der Waals surface area contributed by atoms with Gasteiger partial charge in [0.15, 0.2) is 0 Å². The minimum atomic E-state index is -1.83. The molecular formula is C27H58O5. The SMILES string of the molecule is CCCCCCCCCCCCCO.CCCCCCCCCCCCCO.O=C(O)O. The molecule has 196 valence electrons. The molecule has 0 aromatic heterocycles. The minimum absolute atomic E-state index is 0.372. The van der Waals surface area contributed by atoms with Gasteiger partial charge in [-0.05, 0) is 12.8 Å². The summed E-state index contributed by atoms with van der Waals surface area (Å²) >= 11 is 0. The number of aliphatic hydroxyl groups is 2.